The molecule has 0 aromatic heterocycles. The van der Waals surface area contributed by atoms with Crippen LogP contribution in [0, 0.1) is 0 Å². The first kappa shape index (κ1) is 13.3. The minimum Gasteiger partial charge on any atom is -0.388 e. The van der Waals surface area contributed by atoms with Crippen LogP contribution in [0.3, 0.4) is 0 Å². The molecule has 17 heavy (non-hydrogen) atoms. The Hall–Kier alpha value is -0.120. The van der Waals surface area contributed by atoms with Gasteiger partial charge in [0.15, 0.2) is 0 Å². The van der Waals surface area contributed by atoms with Gasteiger partial charge in [-0.15, -0.1) is 0 Å². The van der Waals surface area contributed by atoms with E-state index in [0.29, 0.717) is 12.1 Å². The van der Waals surface area contributed by atoms with Gasteiger partial charge in [0.05, 0.1) is 11.6 Å². The Bertz CT molecular complexity index is 236. The number of rotatable bonds is 3. The number of nitrogens with zero attached hydrogens (tertiary/aromatic N) is 1. The van der Waals surface area contributed by atoms with Crippen LogP contribution in [0.2, 0.25) is 0 Å². The number of hydrogen-bond donors (Lipinski definition) is 2. The highest BCUT2D eigenvalue weighted by molar-refractivity contribution is 4.97. The number of aliphatic hydroxyl groups is 1. The van der Waals surface area contributed by atoms with Crippen molar-refractivity contribution in [2.45, 2.75) is 70.1 Å². The molecule has 2 rings (SSSR count). The molecule has 3 nitrogen and oxygen atoms in total. The van der Waals surface area contributed by atoms with Gasteiger partial charge in [-0.3, -0.25) is 4.90 Å². The van der Waals surface area contributed by atoms with Crippen LogP contribution in [0.4, 0.5) is 0 Å². The summed E-state index contributed by atoms with van der Waals surface area (Å²) in [6.07, 6.45) is 7.64. The van der Waals surface area contributed by atoms with E-state index in [1.165, 1.54) is 32.1 Å². The van der Waals surface area contributed by atoms with Crippen molar-refractivity contribution in [3.8, 4) is 0 Å². The van der Waals surface area contributed by atoms with Crippen molar-refractivity contribution >= 4 is 0 Å². The SMILES string of the molecule is CCN(C1CCCCC1)C1CNCCC1(C)O. The third-order valence-corrected chi connectivity index (χ3v) is 4.67. The van der Waals surface area contributed by atoms with Gasteiger partial charge < -0.3 is 10.4 Å². The molecular formula is C14H28N2O. The van der Waals surface area contributed by atoms with Gasteiger partial charge in [0, 0.05) is 12.6 Å². The third kappa shape index (κ3) is 3.01. The van der Waals surface area contributed by atoms with Crippen molar-refractivity contribution in [2.75, 3.05) is 19.6 Å². The van der Waals surface area contributed by atoms with E-state index >= 15 is 0 Å². The molecule has 2 atom stereocenters. The fraction of sp³-hybridized carbons (Fsp3) is 1.00. The van der Waals surface area contributed by atoms with E-state index < -0.39 is 5.60 Å². The van der Waals surface area contributed by atoms with E-state index in [9.17, 15) is 5.11 Å². The van der Waals surface area contributed by atoms with E-state index in [0.717, 1.165) is 26.1 Å². The van der Waals surface area contributed by atoms with Crippen molar-refractivity contribution in [1.82, 2.24) is 10.2 Å². The van der Waals surface area contributed by atoms with Gasteiger partial charge in [0.2, 0.25) is 0 Å². The lowest BCUT2D eigenvalue weighted by Crippen LogP contribution is -2.62. The lowest BCUT2D eigenvalue weighted by Gasteiger charge is -2.48. The topological polar surface area (TPSA) is 35.5 Å². The Morgan fingerprint density at radius 1 is 1.29 bits per heavy atom. The predicted molar refractivity (Wildman–Crippen MR) is 71.2 cm³/mol. The Labute approximate surface area is 106 Å². The highest BCUT2D eigenvalue weighted by Gasteiger charge is 2.40. The summed E-state index contributed by atoms with van der Waals surface area (Å²) in [6.45, 7) is 7.21. The Morgan fingerprint density at radius 2 is 2.00 bits per heavy atom. The fourth-order valence-corrected chi connectivity index (χ4v) is 3.59. The van der Waals surface area contributed by atoms with Gasteiger partial charge in [-0.25, -0.2) is 0 Å². The molecule has 0 amide bonds. The van der Waals surface area contributed by atoms with Crippen molar-refractivity contribution in [2.24, 2.45) is 0 Å². The zero-order valence-electron chi connectivity index (χ0n) is 11.4. The van der Waals surface area contributed by atoms with E-state index in [4.69, 9.17) is 0 Å². The number of likely N-dealkylation sites (N-methyl/N-ethyl adjacent to an activating group) is 1. The summed E-state index contributed by atoms with van der Waals surface area (Å²) < 4.78 is 0. The standard InChI is InChI=1S/C14H28N2O/c1-3-16(12-7-5-4-6-8-12)13-11-15-10-9-14(13,2)17/h12-13,15,17H,3-11H2,1-2H3. The second-order valence-corrected chi connectivity index (χ2v) is 5.95. The Balaban J connectivity index is 2.04. The lowest BCUT2D eigenvalue weighted by atomic mass is 9.85. The molecule has 0 bridgehead atoms. The largest absolute Gasteiger partial charge is 0.388 e. The monoisotopic (exact) mass is 240 g/mol. The molecule has 2 aliphatic rings. The maximum atomic E-state index is 10.6. The average Bonchev–Trinajstić information content (AvgIpc) is 2.33. The fourth-order valence-electron chi connectivity index (χ4n) is 3.59. The predicted octanol–water partition coefficient (Wildman–Crippen LogP) is 1.75. The van der Waals surface area contributed by atoms with Gasteiger partial charge in [-0.1, -0.05) is 26.2 Å². The quantitative estimate of drug-likeness (QED) is 0.789. The van der Waals surface area contributed by atoms with Gasteiger partial charge in [-0.2, -0.15) is 0 Å². The first-order valence-corrected chi connectivity index (χ1v) is 7.34. The first-order valence-electron chi connectivity index (χ1n) is 7.34. The third-order valence-electron chi connectivity index (χ3n) is 4.67. The highest BCUT2D eigenvalue weighted by atomic mass is 16.3. The first-order chi connectivity index (χ1) is 8.15. The number of hydrogen-bond acceptors (Lipinski definition) is 3. The van der Waals surface area contributed by atoms with Crippen molar-refractivity contribution < 1.29 is 5.11 Å². The number of nitrogens with one attached hydrogen (secondary N) is 1. The highest BCUT2D eigenvalue weighted by Crippen LogP contribution is 2.29. The minimum absolute atomic E-state index is 0.296. The average molecular weight is 240 g/mol. The lowest BCUT2D eigenvalue weighted by molar-refractivity contribution is -0.0689. The number of piperidine rings is 1. The molecule has 2 N–H and O–H groups in total. The second-order valence-electron chi connectivity index (χ2n) is 5.95. The molecule has 2 fully saturated rings. The van der Waals surface area contributed by atoms with Gasteiger partial charge in [-0.05, 0) is 39.3 Å². The summed E-state index contributed by atoms with van der Waals surface area (Å²) in [5.41, 5.74) is -0.515. The van der Waals surface area contributed by atoms with Crippen LogP contribution in [-0.4, -0.2) is 47.3 Å². The van der Waals surface area contributed by atoms with Crippen molar-refractivity contribution in [3.63, 3.8) is 0 Å². The van der Waals surface area contributed by atoms with E-state index in [1.54, 1.807) is 0 Å². The molecular weight excluding hydrogens is 212 g/mol. The smallest absolute Gasteiger partial charge is 0.0798 e. The summed E-state index contributed by atoms with van der Waals surface area (Å²) in [7, 11) is 0. The maximum Gasteiger partial charge on any atom is 0.0798 e. The Kier molecular flexibility index (Phi) is 4.45. The summed E-state index contributed by atoms with van der Waals surface area (Å²) in [5, 5.41) is 14.0. The Morgan fingerprint density at radius 3 is 2.59 bits per heavy atom. The molecule has 0 spiro atoms. The molecule has 1 aliphatic carbocycles. The molecule has 1 heterocycles. The van der Waals surface area contributed by atoms with Gasteiger partial charge >= 0.3 is 0 Å². The summed E-state index contributed by atoms with van der Waals surface area (Å²) in [5.74, 6) is 0. The van der Waals surface area contributed by atoms with E-state index in [1.807, 2.05) is 6.92 Å². The van der Waals surface area contributed by atoms with Crippen LogP contribution in [-0.2, 0) is 0 Å². The minimum atomic E-state index is -0.515. The van der Waals surface area contributed by atoms with Crippen molar-refractivity contribution in [1.29, 1.82) is 0 Å². The second kappa shape index (κ2) is 5.68. The summed E-state index contributed by atoms with van der Waals surface area (Å²) >= 11 is 0. The molecule has 0 radical (unpaired) electrons. The normalized spacial score (nSPS) is 36.4. The molecule has 3 heteroatoms. The molecule has 1 saturated carbocycles. The molecule has 100 valence electrons. The maximum absolute atomic E-state index is 10.6. The van der Waals surface area contributed by atoms with Crippen LogP contribution in [0.1, 0.15) is 52.4 Å². The van der Waals surface area contributed by atoms with Crippen LogP contribution >= 0.6 is 0 Å². The molecule has 2 unspecified atom stereocenters. The van der Waals surface area contributed by atoms with E-state index in [-0.39, 0.29) is 0 Å². The van der Waals surface area contributed by atoms with Crippen LogP contribution in [0.5, 0.6) is 0 Å². The van der Waals surface area contributed by atoms with Gasteiger partial charge in [0.25, 0.3) is 0 Å². The summed E-state index contributed by atoms with van der Waals surface area (Å²) in [4.78, 5) is 2.56. The van der Waals surface area contributed by atoms with E-state index in [2.05, 4.69) is 17.1 Å². The zero-order chi connectivity index (χ0) is 12.3. The molecule has 0 aromatic carbocycles. The zero-order valence-corrected chi connectivity index (χ0v) is 11.4. The van der Waals surface area contributed by atoms with Crippen LogP contribution < -0.4 is 5.32 Å². The molecule has 0 aromatic rings. The van der Waals surface area contributed by atoms with Gasteiger partial charge in [0.1, 0.15) is 0 Å². The van der Waals surface area contributed by atoms with Crippen molar-refractivity contribution in [3.05, 3.63) is 0 Å². The molecule has 1 saturated heterocycles. The van der Waals surface area contributed by atoms with Crippen LogP contribution in [0.25, 0.3) is 0 Å². The molecule has 1 aliphatic heterocycles. The van der Waals surface area contributed by atoms with Crippen LogP contribution in [0.15, 0.2) is 0 Å². The summed E-state index contributed by atoms with van der Waals surface area (Å²) in [6, 6.07) is 0.995.